The topological polar surface area (TPSA) is 0 Å². The maximum atomic E-state index is 2.19. The fourth-order valence-electron chi connectivity index (χ4n) is 0. The maximum Gasteiger partial charge on any atom is 3.00 e. The van der Waals surface area contributed by atoms with Crippen molar-refractivity contribution < 1.29 is 18.8 Å². The molecule has 0 fully saturated rings. The van der Waals surface area contributed by atoms with Gasteiger partial charge in [-0.1, -0.05) is 0 Å². The van der Waals surface area contributed by atoms with Crippen LogP contribution < -0.4 is 18.8 Å². The molecule has 0 aliphatic rings. The second-order valence-electron chi connectivity index (χ2n) is 1.22. The molecule has 0 aromatic heterocycles. The summed E-state index contributed by atoms with van der Waals surface area (Å²) in [7, 11) is 0.639. The van der Waals surface area contributed by atoms with Crippen molar-refractivity contribution in [1.29, 1.82) is 0 Å². The van der Waals surface area contributed by atoms with Crippen molar-refractivity contribution in [2.75, 3.05) is 18.8 Å². The van der Waals surface area contributed by atoms with Crippen molar-refractivity contribution in [1.82, 2.24) is 0 Å². The van der Waals surface area contributed by atoms with E-state index in [1.807, 2.05) is 0 Å². The molecule has 0 nitrogen and oxygen atoms in total. The Morgan fingerprint density at radius 1 is 0.667 bits per heavy atom. The van der Waals surface area contributed by atoms with Gasteiger partial charge in [-0.2, -0.15) is 0 Å². The minimum atomic E-state index is 0. The van der Waals surface area contributed by atoms with Gasteiger partial charge < -0.3 is 18.8 Å². The zero-order chi connectivity index (χ0) is 3.58. The number of rotatable bonds is 0. The van der Waals surface area contributed by atoms with E-state index in [1.165, 1.54) is 0 Å². The average molecular weight is 164 g/mol. The van der Waals surface area contributed by atoms with Crippen molar-refractivity contribution in [3.63, 3.8) is 0 Å². The van der Waals surface area contributed by atoms with Gasteiger partial charge in [0.1, 0.15) is 0 Å². The summed E-state index contributed by atoms with van der Waals surface area (Å²) in [5, 5.41) is 0. The second kappa shape index (κ2) is 42.1. The Bertz CT molecular complexity index is 20.5. The van der Waals surface area contributed by atoms with Gasteiger partial charge in [-0.3, -0.25) is 0 Å². The van der Waals surface area contributed by atoms with Crippen LogP contribution in [0.25, 0.3) is 0 Å². The Balaban J connectivity index is -0.00000000450. The van der Waals surface area contributed by atoms with Crippen LogP contribution in [0.2, 0.25) is 0 Å². The first kappa shape index (κ1) is 61.5. The number of hydrogen-bond acceptors (Lipinski definition) is 0. The van der Waals surface area contributed by atoms with Crippen LogP contribution in [0.15, 0.2) is 0 Å². The van der Waals surface area contributed by atoms with Gasteiger partial charge in [-0.25, -0.2) is 0 Å². The van der Waals surface area contributed by atoms with E-state index in [2.05, 4.69) is 18.8 Å². The fourth-order valence-corrected chi connectivity index (χ4v) is 0. The molecular weight excluding hydrogens is 155 g/mol. The van der Waals surface area contributed by atoms with E-state index in [0.29, 0.717) is 10.9 Å². The summed E-state index contributed by atoms with van der Waals surface area (Å²) in [4.78, 5) is 0. The molecule has 0 saturated carbocycles. The average Bonchev–Trinajstić information content (AvgIpc) is 0.811. The molecule has 6 heteroatoms. The summed E-state index contributed by atoms with van der Waals surface area (Å²) in [6.07, 6.45) is 6.58. The Labute approximate surface area is 57.8 Å². The molecule has 0 spiro atoms. The Morgan fingerprint density at radius 2 is 0.667 bits per heavy atom. The summed E-state index contributed by atoms with van der Waals surface area (Å²) in [5.41, 5.74) is 0. The number of hydrogen-bond donors (Lipinski definition) is 0. The SMILES string of the molecule is C[S+](C)C.[B+3].[F-].[F-].[F-].[F-]. The van der Waals surface area contributed by atoms with Gasteiger partial charge in [-0.15, -0.1) is 0 Å². The molecule has 0 unspecified atom stereocenters. The second-order valence-corrected chi connectivity index (χ2v) is 3.67. The van der Waals surface area contributed by atoms with Crippen LogP contribution in [-0.4, -0.2) is 27.2 Å². The van der Waals surface area contributed by atoms with Gasteiger partial charge in [0.2, 0.25) is 0 Å². The summed E-state index contributed by atoms with van der Waals surface area (Å²) < 4.78 is 0. The van der Waals surface area contributed by atoms with E-state index in [0.717, 1.165) is 0 Å². The molecule has 0 bridgehead atoms. The molecule has 0 amide bonds. The third-order valence-corrected chi connectivity index (χ3v) is 0. The quantitative estimate of drug-likeness (QED) is 0.189. The standard InChI is InChI=1S/C3H9S.B.4FH/c1-4(2)3;;;;;/h1-3H3;;4*1H/q+1;+3;;;;/p-4. The van der Waals surface area contributed by atoms with E-state index >= 15 is 0 Å². The molecule has 9 heavy (non-hydrogen) atoms. The van der Waals surface area contributed by atoms with Crippen LogP contribution in [0.3, 0.4) is 0 Å². The molecular formula is C3H9BF4S. The third-order valence-electron chi connectivity index (χ3n) is 0. The van der Waals surface area contributed by atoms with Crippen molar-refractivity contribution >= 4 is 19.3 Å². The molecule has 0 radical (unpaired) electrons. The van der Waals surface area contributed by atoms with E-state index in [9.17, 15) is 0 Å². The molecule has 0 aromatic rings. The third kappa shape index (κ3) is 16800. The Kier molecular flexibility index (Phi) is 288. The summed E-state index contributed by atoms with van der Waals surface area (Å²) in [6, 6.07) is 0. The minimum Gasteiger partial charge on any atom is -1.00 e. The zero-order valence-corrected chi connectivity index (χ0v) is 6.31. The first-order chi connectivity index (χ1) is 1.73. The van der Waals surface area contributed by atoms with Crippen molar-refractivity contribution in [2.24, 2.45) is 0 Å². The summed E-state index contributed by atoms with van der Waals surface area (Å²) in [6.45, 7) is 0. The van der Waals surface area contributed by atoms with Crippen LogP contribution in [0, 0.1) is 0 Å². The number of halogens is 4. The molecule has 0 atom stereocenters. The van der Waals surface area contributed by atoms with E-state index in [4.69, 9.17) is 0 Å². The van der Waals surface area contributed by atoms with Crippen molar-refractivity contribution in [2.45, 2.75) is 0 Å². The van der Waals surface area contributed by atoms with Gasteiger partial charge in [0.25, 0.3) is 0 Å². The molecule has 0 N–H and O–H groups in total. The van der Waals surface area contributed by atoms with Gasteiger partial charge in [0, 0.05) is 0 Å². The molecule has 0 aliphatic heterocycles. The van der Waals surface area contributed by atoms with E-state index < -0.39 is 0 Å². The van der Waals surface area contributed by atoms with Crippen LogP contribution in [0.4, 0.5) is 0 Å². The Morgan fingerprint density at radius 3 is 0.667 bits per heavy atom. The first-order valence-corrected chi connectivity index (χ1v) is 3.67. The fraction of sp³-hybridized carbons (Fsp3) is 1.00. The van der Waals surface area contributed by atoms with Gasteiger partial charge in [-0.05, 0) is 10.9 Å². The molecule has 0 aromatic carbocycles. The van der Waals surface area contributed by atoms with E-state index in [-0.39, 0.29) is 27.2 Å². The predicted molar refractivity (Wildman–Crippen MR) is 30.9 cm³/mol. The van der Waals surface area contributed by atoms with Gasteiger partial charge in [0.05, 0.1) is 18.8 Å². The normalized spacial score (nSPS) is 4.00. The smallest absolute Gasteiger partial charge is 1.00 e. The maximum absolute atomic E-state index is 2.19. The van der Waals surface area contributed by atoms with Crippen LogP contribution >= 0.6 is 0 Å². The molecule has 0 saturated heterocycles. The summed E-state index contributed by atoms with van der Waals surface area (Å²) in [5.74, 6) is 0. The zero-order valence-electron chi connectivity index (χ0n) is 5.50. The van der Waals surface area contributed by atoms with Crippen LogP contribution in [0.5, 0.6) is 0 Å². The first-order valence-electron chi connectivity index (χ1n) is 1.22. The largest absolute Gasteiger partial charge is 3.00 e. The van der Waals surface area contributed by atoms with Gasteiger partial charge in [0.15, 0.2) is 0 Å². The van der Waals surface area contributed by atoms with Crippen LogP contribution in [0.1, 0.15) is 0 Å². The predicted octanol–water partition coefficient (Wildman–Crippen LogP) is -11.9. The molecule has 0 heterocycles. The Hall–Kier alpha value is 0.135. The van der Waals surface area contributed by atoms with Gasteiger partial charge >= 0.3 is 8.41 Å². The monoisotopic (exact) mass is 164 g/mol. The minimum absolute atomic E-state index is 0. The molecule has 0 aliphatic carbocycles. The summed E-state index contributed by atoms with van der Waals surface area (Å²) >= 11 is 0. The van der Waals surface area contributed by atoms with Crippen molar-refractivity contribution in [3.8, 4) is 0 Å². The van der Waals surface area contributed by atoms with Crippen LogP contribution in [-0.2, 0) is 10.9 Å². The molecule has 58 valence electrons. The molecule has 0 rings (SSSR count). The van der Waals surface area contributed by atoms with E-state index in [1.54, 1.807) is 0 Å². The van der Waals surface area contributed by atoms with Crippen molar-refractivity contribution in [3.05, 3.63) is 0 Å².